The van der Waals surface area contributed by atoms with Crippen LogP contribution in [-0.4, -0.2) is 23.4 Å². The molecule has 4 nitrogen and oxygen atoms in total. The minimum atomic E-state index is 0.498. The van der Waals surface area contributed by atoms with Crippen molar-refractivity contribution in [2.24, 2.45) is 5.10 Å². The second-order valence-corrected chi connectivity index (χ2v) is 3.91. The first-order chi connectivity index (χ1) is 6.22. The summed E-state index contributed by atoms with van der Waals surface area (Å²) in [7, 11) is 1.74. The summed E-state index contributed by atoms with van der Waals surface area (Å²) in [6.45, 7) is 1.95. The lowest BCUT2D eigenvalue weighted by Gasteiger charge is -1.97. The highest BCUT2D eigenvalue weighted by Gasteiger charge is 1.92. The summed E-state index contributed by atoms with van der Waals surface area (Å²) in [5, 5.41) is 8.19. The average molecular weight is 214 g/mol. The number of hydrazone groups is 1. The van der Waals surface area contributed by atoms with Crippen molar-refractivity contribution in [2.45, 2.75) is 6.92 Å². The fourth-order valence-electron chi connectivity index (χ4n) is 0.648. The van der Waals surface area contributed by atoms with Gasteiger partial charge in [0.05, 0.1) is 16.1 Å². The fraction of sp³-hybridized carbons (Fsp3) is 0.286. The van der Waals surface area contributed by atoms with Crippen LogP contribution >= 0.6 is 23.6 Å². The van der Waals surface area contributed by atoms with Crippen LogP contribution in [-0.2, 0) is 0 Å². The van der Waals surface area contributed by atoms with Crippen molar-refractivity contribution in [2.75, 3.05) is 7.05 Å². The van der Waals surface area contributed by atoms with E-state index >= 15 is 0 Å². The summed E-state index contributed by atoms with van der Waals surface area (Å²) in [6.07, 6.45) is 3.46. The molecule has 0 fully saturated rings. The van der Waals surface area contributed by atoms with Crippen molar-refractivity contribution in [3.8, 4) is 0 Å². The Bertz CT molecular complexity index is 318. The number of aryl methyl sites for hydroxylation is 1. The van der Waals surface area contributed by atoms with Crippen LogP contribution in [0.5, 0.6) is 0 Å². The largest absolute Gasteiger partial charge is 0.364 e. The van der Waals surface area contributed by atoms with Crippen LogP contribution in [0.25, 0.3) is 0 Å². The zero-order valence-corrected chi connectivity index (χ0v) is 9.00. The molecule has 0 saturated heterocycles. The lowest BCUT2D eigenvalue weighted by molar-refractivity contribution is 0.982. The fourth-order valence-corrected chi connectivity index (χ4v) is 1.36. The summed E-state index contributed by atoms with van der Waals surface area (Å²) in [6, 6.07) is 0. The highest BCUT2D eigenvalue weighted by molar-refractivity contribution is 7.80. The molecule has 70 valence electrons. The number of aromatic nitrogens is 1. The van der Waals surface area contributed by atoms with Gasteiger partial charge in [0.2, 0.25) is 0 Å². The molecule has 0 amide bonds. The Morgan fingerprint density at radius 2 is 2.54 bits per heavy atom. The number of thiazole rings is 1. The Morgan fingerprint density at radius 1 is 1.77 bits per heavy atom. The Morgan fingerprint density at radius 3 is 3.08 bits per heavy atom. The van der Waals surface area contributed by atoms with Gasteiger partial charge in [0.15, 0.2) is 5.11 Å². The Labute approximate surface area is 86.1 Å². The van der Waals surface area contributed by atoms with Gasteiger partial charge in [-0.1, -0.05) is 0 Å². The van der Waals surface area contributed by atoms with E-state index in [9.17, 15) is 0 Å². The van der Waals surface area contributed by atoms with Crippen molar-refractivity contribution in [1.82, 2.24) is 15.7 Å². The third kappa shape index (κ3) is 3.47. The molecular formula is C7H10N4S2. The van der Waals surface area contributed by atoms with Gasteiger partial charge in [-0.25, -0.2) is 4.98 Å². The molecule has 1 aromatic heterocycles. The van der Waals surface area contributed by atoms with Gasteiger partial charge < -0.3 is 5.32 Å². The molecule has 2 N–H and O–H groups in total. The first-order valence-electron chi connectivity index (χ1n) is 3.65. The van der Waals surface area contributed by atoms with Crippen LogP contribution < -0.4 is 10.7 Å². The van der Waals surface area contributed by atoms with E-state index in [4.69, 9.17) is 12.2 Å². The molecule has 0 bridgehead atoms. The van der Waals surface area contributed by atoms with Crippen molar-refractivity contribution in [3.63, 3.8) is 0 Å². The quantitative estimate of drug-likeness (QED) is 0.436. The van der Waals surface area contributed by atoms with Gasteiger partial charge >= 0.3 is 0 Å². The molecule has 1 rings (SSSR count). The van der Waals surface area contributed by atoms with Crippen molar-refractivity contribution in [3.05, 3.63) is 16.1 Å². The van der Waals surface area contributed by atoms with Gasteiger partial charge in [0.1, 0.15) is 0 Å². The van der Waals surface area contributed by atoms with Crippen LogP contribution in [0, 0.1) is 6.92 Å². The van der Waals surface area contributed by atoms with E-state index in [1.807, 2.05) is 6.92 Å². The zero-order chi connectivity index (χ0) is 9.68. The van der Waals surface area contributed by atoms with Crippen LogP contribution in [0.15, 0.2) is 11.3 Å². The summed E-state index contributed by atoms with van der Waals surface area (Å²) in [5.74, 6) is 0. The monoisotopic (exact) mass is 214 g/mol. The Balaban J connectivity index is 2.45. The number of hydrogen-bond acceptors (Lipinski definition) is 4. The minimum absolute atomic E-state index is 0.498. The number of nitrogens with zero attached hydrogens (tertiary/aromatic N) is 2. The predicted octanol–water partition coefficient (Wildman–Crippen LogP) is 0.879. The second kappa shape index (κ2) is 4.88. The van der Waals surface area contributed by atoms with Crippen molar-refractivity contribution in [1.29, 1.82) is 0 Å². The first-order valence-corrected chi connectivity index (χ1v) is 4.88. The highest BCUT2D eigenvalue weighted by Crippen LogP contribution is 2.07. The first kappa shape index (κ1) is 10.1. The maximum atomic E-state index is 4.83. The van der Waals surface area contributed by atoms with Crippen LogP contribution in [0.2, 0.25) is 0 Å². The molecule has 0 aliphatic rings. The minimum Gasteiger partial charge on any atom is -0.364 e. The lowest BCUT2D eigenvalue weighted by atomic mass is 10.6. The number of hydrogen-bond donors (Lipinski definition) is 2. The highest BCUT2D eigenvalue weighted by atomic mass is 32.1. The molecular weight excluding hydrogens is 204 g/mol. The van der Waals surface area contributed by atoms with Crippen molar-refractivity contribution >= 4 is 34.9 Å². The van der Waals surface area contributed by atoms with E-state index in [0.29, 0.717) is 5.11 Å². The third-order valence-electron chi connectivity index (χ3n) is 1.22. The smallest absolute Gasteiger partial charge is 0.186 e. The van der Waals surface area contributed by atoms with Gasteiger partial charge in [-0.2, -0.15) is 5.10 Å². The molecule has 1 aromatic rings. The number of rotatable bonds is 2. The third-order valence-corrected chi connectivity index (χ3v) is 2.37. The molecule has 1 heterocycles. The average Bonchev–Trinajstić information content (AvgIpc) is 2.51. The maximum absolute atomic E-state index is 4.83. The van der Waals surface area contributed by atoms with Crippen molar-refractivity contribution < 1.29 is 0 Å². The molecule has 13 heavy (non-hydrogen) atoms. The van der Waals surface area contributed by atoms with Gasteiger partial charge in [-0.05, 0) is 19.1 Å². The summed E-state index contributed by atoms with van der Waals surface area (Å²) >= 11 is 6.41. The zero-order valence-electron chi connectivity index (χ0n) is 7.37. The molecule has 0 aromatic carbocycles. The van der Waals surface area contributed by atoms with Gasteiger partial charge in [0.25, 0.3) is 0 Å². The number of nitrogens with one attached hydrogen (secondary N) is 2. The predicted molar refractivity (Wildman–Crippen MR) is 59.2 cm³/mol. The van der Waals surface area contributed by atoms with Gasteiger partial charge in [0, 0.05) is 13.2 Å². The molecule has 0 saturated carbocycles. The van der Waals surface area contributed by atoms with E-state index in [1.165, 1.54) is 0 Å². The van der Waals surface area contributed by atoms with E-state index in [-0.39, 0.29) is 0 Å². The summed E-state index contributed by atoms with van der Waals surface area (Å²) in [5.41, 5.74) is 2.66. The summed E-state index contributed by atoms with van der Waals surface area (Å²) in [4.78, 5) is 5.09. The SMILES string of the molecule is CNC(=S)N/N=C/c1cnc(C)s1. The van der Waals surface area contributed by atoms with Gasteiger partial charge in [-0.15, -0.1) is 11.3 Å². The standard InChI is InChI=1S/C7H10N4S2/c1-5-9-3-6(13-5)4-10-11-7(12)8-2/h3-4H,1-2H3,(H2,8,11,12)/b10-4+. The van der Waals surface area contributed by atoms with Crippen LogP contribution in [0.3, 0.4) is 0 Å². The molecule has 0 aliphatic heterocycles. The lowest BCUT2D eigenvalue weighted by Crippen LogP contribution is -2.28. The van der Waals surface area contributed by atoms with Crippen LogP contribution in [0.1, 0.15) is 9.88 Å². The summed E-state index contributed by atoms with van der Waals surface area (Å²) < 4.78 is 0. The topological polar surface area (TPSA) is 49.3 Å². The van der Waals surface area contributed by atoms with E-state index in [0.717, 1.165) is 9.88 Å². The molecule has 6 heteroatoms. The molecule has 0 unspecified atom stereocenters. The normalized spacial score (nSPS) is 10.3. The molecule has 0 aliphatic carbocycles. The molecule has 0 atom stereocenters. The molecule has 0 spiro atoms. The van der Waals surface area contributed by atoms with E-state index < -0.39 is 0 Å². The van der Waals surface area contributed by atoms with Gasteiger partial charge in [-0.3, -0.25) is 5.43 Å². The second-order valence-electron chi connectivity index (χ2n) is 2.23. The number of thiocarbonyl (C=S) groups is 1. The van der Waals surface area contributed by atoms with E-state index in [2.05, 4.69) is 20.8 Å². The Kier molecular flexibility index (Phi) is 3.78. The molecule has 0 radical (unpaired) electrons. The Hall–Kier alpha value is -1.01. The van der Waals surface area contributed by atoms with E-state index in [1.54, 1.807) is 30.8 Å². The van der Waals surface area contributed by atoms with Crippen LogP contribution in [0.4, 0.5) is 0 Å². The maximum Gasteiger partial charge on any atom is 0.186 e.